The first kappa shape index (κ1) is 17.0. The van der Waals surface area contributed by atoms with Gasteiger partial charge in [0.2, 0.25) is 5.91 Å². The van der Waals surface area contributed by atoms with Crippen molar-refractivity contribution in [3.8, 4) is 5.75 Å². The number of carbonyl (C=O) groups excluding carboxylic acids is 2. The van der Waals surface area contributed by atoms with E-state index in [0.29, 0.717) is 30.8 Å². The summed E-state index contributed by atoms with van der Waals surface area (Å²) in [5, 5.41) is 0. The summed E-state index contributed by atoms with van der Waals surface area (Å²) in [5.41, 5.74) is 7.00. The minimum Gasteiger partial charge on any atom is -0.486 e. The van der Waals surface area contributed by atoms with Crippen LogP contribution in [0.3, 0.4) is 0 Å². The van der Waals surface area contributed by atoms with Gasteiger partial charge in [0.25, 0.3) is 5.91 Å². The average molecular weight is 338 g/mol. The number of hydrogen-bond donors (Lipinski definition) is 1. The van der Waals surface area contributed by atoms with E-state index in [0.717, 1.165) is 5.56 Å². The molecule has 0 aromatic heterocycles. The number of nitrogens with zero attached hydrogens (tertiary/aromatic N) is 1. The molecule has 5 heteroatoms. The van der Waals surface area contributed by atoms with Gasteiger partial charge in [-0.1, -0.05) is 30.3 Å². The lowest BCUT2D eigenvalue weighted by molar-refractivity contribution is -0.121. The molecule has 1 heterocycles. The summed E-state index contributed by atoms with van der Waals surface area (Å²) in [6, 6.07) is 17.1. The van der Waals surface area contributed by atoms with Crippen LogP contribution < -0.4 is 10.5 Å². The molecule has 2 atom stereocenters. The second-order valence-electron chi connectivity index (χ2n) is 6.33. The lowest BCUT2D eigenvalue weighted by atomic mass is 10.1. The fourth-order valence-corrected chi connectivity index (χ4v) is 3.03. The first-order valence-corrected chi connectivity index (χ1v) is 8.45. The van der Waals surface area contributed by atoms with Crippen molar-refractivity contribution < 1.29 is 14.3 Å². The van der Waals surface area contributed by atoms with Crippen LogP contribution in [0.1, 0.15) is 35.4 Å². The molecule has 25 heavy (non-hydrogen) atoms. The van der Waals surface area contributed by atoms with E-state index in [9.17, 15) is 9.59 Å². The van der Waals surface area contributed by atoms with Crippen LogP contribution in [-0.4, -0.2) is 29.8 Å². The topological polar surface area (TPSA) is 72.6 Å². The van der Waals surface area contributed by atoms with Crippen molar-refractivity contribution in [3.63, 3.8) is 0 Å². The van der Waals surface area contributed by atoms with Crippen molar-refractivity contribution in [3.05, 3.63) is 65.7 Å². The van der Waals surface area contributed by atoms with E-state index in [1.807, 2.05) is 37.3 Å². The number of likely N-dealkylation sites (tertiary alicyclic amines) is 1. The molecular formula is C20H22N2O3. The van der Waals surface area contributed by atoms with Crippen LogP contribution in [0, 0.1) is 5.92 Å². The Morgan fingerprint density at radius 2 is 1.80 bits per heavy atom. The van der Waals surface area contributed by atoms with E-state index in [1.54, 1.807) is 29.2 Å². The van der Waals surface area contributed by atoms with Crippen molar-refractivity contribution in [2.24, 2.45) is 11.7 Å². The van der Waals surface area contributed by atoms with Gasteiger partial charge in [-0.3, -0.25) is 9.59 Å². The molecule has 2 aromatic carbocycles. The highest BCUT2D eigenvalue weighted by molar-refractivity contribution is 5.95. The van der Waals surface area contributed by atoms with Gasteiger partial charge in [0, 0.05) is 18.7 Å². The predicted octanol–water partition coefficient (Wildman–Crippen LogP) is 2.77. The maximum Gasteiger partial charge on any atom is 0.253 e. The summed E-state index contributed by atoms with van der Waals surface area (Å²) in [5.74, 6) is 0.0583. The molecule has 0 spiro atoms. The Bertz CT molecular complexity index is 743. The Morgan fingerprint density at radius 3 is 2.40 bits per heavy atom. The monoisotopic (exact) mass is 338 g/mol. The Balaban J connectivity index is 1.62. The molecule has 0 aliphatic carbocycles. The summed E-state index contributed by atoms with van der Waals surface area (Å²) in [6.45, 7) is 2.95. The third-order valence-corrected chi connectivity index (χ3v) is 4.56. The maximum absolute atomic E-state index is 12.5. The zero-order chi connectivity index (χ0) is 17.8. The molecule has 1 aliphatic heterocycles. The van der Waals surface area contributed by atoms with E-state index in [1.165, 1.54) is 0 Å². The van der Waals surface area contributed by atoms with Crippen LogP contribution >= 0.6 is 0 Å². The fraction of sp³-hybridized carbons (Fsp3) is 0.300. The van der Waals surface area contributed by atoms with Crippen LogP contribution in [0.4, 0.5) is 0 Å². The van der Waals surface area contributed by atoms with E-state index in [2.05, 4.69) is 0 Å². The molecule has 1 aliphatic rings. The number of primary amides is 1. The van der Waals surface area contributed by atoms with Crippen molar-refractivity contribution in [1.29, 1.82) is 0 Å². The molecule has 2 aromatic rings. The lowest BCUT2D eigenvalue weighted by Gasteiger charge is -2.17. The molecule has 0 radical (unpaired) electrons. The number of carbonyl (C=O) groups is 2. The highest BCUT2D eigenvalue weighted by atomic mass is 16.5. The minimum absolute atomic E-state index is 0.0716. The highest BCUT2D eigenvalue weighted by Gasteiger charge is 2.30. The van der Waals surface area contributed by atoms with Crippen molar-refractivity contribution in [1.82, 2.24) is 4.90 Å². The molecule has 0 saturated carbocycles. The quantitative estimate of drug-likeness (QED) is 0.911. The molecule has 0 unspecified atom stereocenters. The number of amides is 2. The molecule has 3 rings (SSSR count). The van der Waals surface area contributed by atoms with Gasteiger partial charge < -0.3 is 15.4 Å². The lowest BCUT2D eigenvalue weighted by Crippen LogP contribution is -2.31. The summed E-state index contributed by atoms with van der Waals surface area (Å²) in [4.78, 5) is 25.4. The fourth-order valence-electron chi connectivity index (χ4n) is 3.03. The van der Waals surface area contributed by atoms with Gasteiger partial charge in [0.05, 0.1) is 5.92 Å². The van der Waals surface area contributed by atoms with Crippen LogP contribution in [0.5, 0.6) is 5.75 Å². The SMILES string of the molecule is C[C@H](Oc1ccc(C(=O)N2CC[C@@H](C(N)=O)C2)cc1)c1ccccc1. The molecule has 0 bridgehead atoms. The number of benzene rings is 2. The Hall–Kier alpha value is -2.82. The average Bonchev–Trinajstić information content (AvgIpc) is 3.13. The van der Waals surface area contributed by atoms with Gasteiger partial charge in [-0.2, -0.15) is 0 Å². The zero-order valence-electron chi connectivity index (χ0n) is 14.2. The van der Waals surface area contributed by atoms with Gasteiger partial charge >= 0.3 is 0 Å². The third kappa shape index (κ3) is 3.99. The second kappa shape index (κ2) is 7.38. The molecular weight excluding hydrogens is 316 g/mol. The highest BCUT2D eigenvalue weighted by Crippen LogP contribution is 2.23. The summed E-state index contributed by atoms with van der Waals surface area (Å²) >= 11 is 0. The van der Waals surface area contributed by atoms with Crippen molar-refractivity contribution in [2.45, 2.75) is 19.4 Å². The van der Waals surface area contributed by atoms with E-state index in [4.69, 9.17) is 10.5 Å². The van der Waals surface area contributed by atoms with Gasteiger partial charge in [-0.15, -0.1) is 0 Å². The standard InChI is InChI=1S/C20H22N2O3/c1-14(15-5-3-2-4-6-15)25-18-9-7-16(8-10-18)20(24)22-12-11-17(13-22)19(21)23/h2-10,14,17H,11-13H2,1H3,(H2,21,23)/t14-,17+/m0/s1. The molecule has 2 N–H and O–H groups in total. The van der Waals surface area contributed by atoms with Crippen LogP contribution in [0.15, 0.2) is 54.6 Å². The summed E-state index contributed by atoms with van der Waals surface area (Å²) < 4.78 is 5.92. The van der Waals surface area contributed by atoms with Crippen LogP contribution in [0.25, 0.3) is 0 Å². The van der Waals surface area contributed by atoms with Crippen LogP contribution in [-0.2, 0) is 4.79 Å². The first-order chi connectivity index (χ1) is 12.0. The van der Waals surface area contributed by atoms with Gasteiger partial charge in [-0.05, 0) is 43.2 Å². The maximum atomic E-state index is 12.5. The molecule has 5 nitrogen and oxygen atoms in total. The number of rotatable bonds is 5. The molecule has 2 amide bonds. The Labute approximate surface area is 147 Å². The van der Waals surface area contributed by atoms with Gasteiger partial charge in [0.15, 0.2) is 0 Å². The van der Waals surface area contributed by atoms with E-state index >= 15 is 0 Å². The van der Waals surface area contributed by atoms with Crippen LogP contribution in [0.2, 0.25) is 0 Å². The van der Waals surface area contributed by atoms with E-state index < -0.39 is 0 Å². The smallest absolute Gasteiger partial charge is 0.253 e. The third-order valence-electron chi connectivity index (χ3n) is 4.56. The first-order valence-electron chi connectivity index (χ1n) is 8.45. The summed E-state index contributed by atoms with van der Waals surface area (Å²) in [6.07, 6.45) is 0.564. The molecule has 1 fully saturated rings. The van der Waals surface area contributed by atoms with Crippen molar-refractivity contribution in [2.75, 3.05) is 13.1 Å². The van der Waals surface area contributed by atoms with Gasteiger partial charge in [-0.25, -0.2) is 0 Å². The van der Waals surface area contributed by atoms with Gasteiger partial charge in [0.1, 0.15) is 11.9 Å². The molecule has 1 saturated heterocycles. The Kier molecular flexibility index (Phi) is 5.03. The minimum atomic E-state index is -0.339. The number of hydrogen-bond acceptors (Lipinski definition) is 3. The Morgan fingerprint density at radius 1 is 1.12 bits per heavy atom. The zero-order valence-corrected chi connectivity index (χ0v) is 14.2. The predicted molar refractivity (Wildman–Crippen MR) is 95.1 cm³/mol. The number of ether oxygens (including phenoxy) is 1. The normalized spacial score (nSPS) is 18.0. The molecule has 130 valence electrons. The number of nitrogens with two attached hydrogens (primary N) is 1. The van der Waals surface area contributed by atoms with E-state index in [-0.39, 0.29) is 23.8 Å². The second-order valence-corrected chi connectivity index (χ2v) is 6.33. The largest absolute Gasteiger partial charge is 0.486 e. The summed E-state index contributed by atoms with van der Waals surface area (Å²) in [7, 11) is 0. The van der Waals surface area contributed by atoms with Crippen molar-refractivity contribution >= 4 is 11.8 Å².